The van der Waals surface area contributed by atoms with Gasteiger partial charge in [0.05, 0.1) is 10.9 Å². The van der Waals surface area contributed by atoms with E-state index in [2.05, 4.69) is 12.2 Å². The van der Waals surface area contributed by atoms with E-state index in [1.807, 2.05) is 24.3 Å². The lowest BCUT2D eigenvalue weighted by atomic mass is 10.1. The number of amides is 1. The molecular formula is C22H23N3O2. The molecule has 1 aliphatic heterocycles. The van der Waals surface area contributed by atoms with Gasteiger partial charge in [-0.1, -0.05) is 31.5 Å². The molecule has 5 heteroatoms. The number of aromatic nitrogens is 2. The third kappa shape index (κ3) is 3.37. The van der Waals surface area contributed by atoms with Gasteiger partial charge in [0.25, 0.3) is 11.5 Å². The van der Waals surface area contributed by atoms with Crippen LogP contribution in [0.2, 0.25) is 0 Å². The molecule has 2 heterocycles. The number of nitrogens with zero attached hydrogens (tertiary/aromatic N) is 2. The van der Waals surface area contributed by atoms with Crippen molar-refractivity contribution < 1.29 is 4.79 Å². The standard InChI is InChI=1S/C22H23N3O2/c1-2-15-8-5-6-9-18(15)24-21(26)16-11-12-17-19(14-16)23-20-10-4-3-7-13-25(20)22(17)27/h5-6,8-9,11-12,14H,2-4,7,10,13H2,1H3,(H,24,26). The van der Waals surface area contributed by atoms with Crippen LogP contribution >= 0.6 is 0 Å². The molecule has 0 bridgehead atoms. The van der Waals surface area contributed by atoms with Gasteiger partial charge in [-0.05, 0) is 49.1 Å². The second kappa shape index (κ2) is 7.35. The number of benzene rings is 2. The molecule has 0 saturated heterocycles. The topological polar surface area (TPSA) is 64.0 Å². The van der Waals surface area contributed by atoms with Crippen molar-refractivity contribution in [1.29, 1.82) is 0 Å². The van der Waals surface area contributed by atoms with Crippen LogP contribution in [0, 0.1) is 0 Å². The summed E-state index contributed by atoms with van der Waals surface area (Å²) in [6.45, 7) is 2.79. The third-order valence-corrected chi connectivity index (χ3v) is 5.23. The monoisotopic (exact) mass is 361 g/mol. The number of carbonyl (C=O) groups excluding carboxylic acids is 1. The first-order valence-corrected chi connectivity index (χ1v) is 9.60. The van der Waals surface area contributed by atoms with E-state index in [0.29, 0.717) is 16.5 Å². The molecule has 0 atom stereocenters. The second-order valence-electron chi connectivity index (χ2n) is 6.99. The minimum absolute atomic E-state index is 0.000173. The highest BCUT2D eigenvalue weighted by molar-refractivity contribution is 6.06. The number of rotatable bonds is 3. The van der Waals surface area contributed by atoms with E-state index in [0.717, 1.165) is 55.7 Å². The van der Waals surface area contributed by atoms with Gasteiger partial charge >= 0.3 is 0 Å². The smallest absolute Gasteiger partial charge is 0.261 e. The van der Waals surface area contributed by atoms with Crippen LogP contribution in [0.25, 0.3) is 10.9 Å². The Morgan fingerprint density at radius 3 is 2.85 bits per heavy atom. The molecule has 3 aromatic rings. The Kier molecular flexibility index (Phi) is 4.75. The summed E-state index contributed by atoms with van der Waals surface area (Å²) in [7, 11) is 0. The number of hydrogen-bond donors (Lipinski definition) is 1. The Labute approximate surface area is 158 Å². The Morgan fingerprint density at radius 2 is 2.00 bits per heavy atom. The van der Waals surface area contributed by atoms with Gasteiger partial charge in [0.2, 0.25) is 0 Å². The number of fused-ring (bicyclic) bond motifs is 2. The fourth-order valence-corrected chi connectivity index (χ4v) is 3.70. The number of aryl methyl sites for hydroxylation is 2. The van der Waals surface area contributed by atoms with Gasteiger partial charge in [0.15, 0.2) is 0 Å². The van der Waals surface area contributed by atoms with E-state index in [9.17, 15) is 9.59 Å². The molecule has 1 amide bonds. The minimum Gasteiger partial charge on any atom is -0.322 e. The molecular weight excluding hydrogens is 338 g/mol. The average Bonchev–Trinajstić information content (AvgIpc) is 2.94. The van der Waals surface area contributed by atoms with E-state index in [1.54, 1.807) is 22.8 Å². The Bertz CT molecular complexity index is 1070. The van der Waals surface area contributed by atoms with Crippen LogP contribution in [0.5, 0.6) is 0 Å². The Morgan fingerprint density at radius 1 is 1.15 bits per heavy atom. The SMILES string of the molecule is CCc1ccccc1NC(=O)c1ccc2c(=O)n3c(nc2c1)CCCCC3. The molecule has 0 spiro atoms. The zero-order chi connectivity index (χ0) is 18.8. The van der Waals surface area contributed by atoms with E-state index in [-0.39, 0.29) is 11.5 Å². The molecule has 0 radical (unpaired) electrons. The van der Waals surface area contributed by atoms with E-state index >= 15 is 0 Å². The predicted molar refractivity (Wildman–Crippen MR) is 107 cm³/mol. The normalized spacial score (nSPS) is 13.8. The van der Waals surface area contributed by atoms with E-state index in [1.165, 1.54) is 0 Å². The molecule has 138 valence electrons. The molecule has 2 aromatic carbocycles. The quantitative estimate of drug-likeness (QED) is 0.768. The molecule has 1 aromatic heterocycles. The first kappa shape index (κ1) is 17.5. The summed E-state index contributed by atoms with van der Waals surface area (Å²) in [6.07, 6.45) is 4.83. The van der Waals surface area contributed by atoms with Crippen LogP contribution in [-0.2, 0) is 19.4 Å². The molecule has 5 nitrogen and oxygen atoms in total. The largest absolute Gasteiger partial charge is 0.322 e. The molecule has 0 saturated carbocycles. The zero-order valence-corrected chi connectivity index (χ0v) is 15.5. The summed E-state index contributed by atoms with van der Waals surface area (Å²) in [5.41, 5.74) is 3.03. The summed E-state index contributed by atoms with van der Waals surface area (Å²) in [5.74, 6) is 0.647. The van der Waals surface area contributed by atoms with E-state index in [4.69, 9.17) is 4.98 Å². The fraction of sp³-hybridized carbons (Fsp3) is 0.318. The minimum atomic E-state index is -0.186. The lowest BCUT2D eigenvalue weighted by Crippen LogP contribution is -2.24. The summed E-state index contributed by atoms with van der Waals surface area (Å²) < 4.78 is 1.80. The van der Waals surface area contributed by atoms with Crippen LogP contribution in [0.4, 0.5) is 5.69 Å². The summed E-state index contributed by atoms with van der Waals surface area (Å²) in [5, 5.41) is 3.55. The second-order valence-corrected chi connectivity index (χ2v) is 6.99. The maximum absolute atomic E-state index is 12.8. The van der Waals surface area contributed by atoms with Gasteiger partial charge in [-0.2, -0.15) is 0 Å². The van der Waals surface area contributed by atoms with E-state index < -0.39 is 0 Å². The maximum Gasteiger partial charge on any atom is 0.261 e. The van der Waals surface area contributed by atoms with Crippen LogP contribution < -0.4 is 10.9 Å². The van der Waals surface area contributed by atoms with Crippen LogP contribution in [0.1, 0.15) is 47.9 Å². The first-order valence-electron chi connectivity index (χ1n) is 9.60. The van der Waals surface area contributed by atoms with Crippen LogP contribution in [0.15, 0.2) is 47.3 Å². The van der Waals surface area contributed by atoms with Crippen LogP contribution in [0.3, 0.4) is 0 Å². The molecule has 0 aliphatic carbocycles. The number of carbonyl (C=O) groups is 1. The fourth-order valence-electron chi connectivity index (χ4n) is 3.70. The Balaban J connectivity index is 1.71. The molecule has 0 unspecified atom stereocenters. The first-order chi connectivity index (χ1) is 13.2. The highest BCUT2D eigenvalue weighted by Gasteiger charge is 2.15. The number of nitrogens with one attached hydrogen (secondary N) is 1. The molecule has 1 N–H and O–H groups in total. The van der Waals surface area contributed by atoms with Crippen molar-refractivity contribution in [3.05, 3.63) is 69.8 Å². The highest BCUT2D eigenvalue weighted by Crippen LogP contribution is 2.19. The zero-order valence-electron chi connectivity index (χ0n) is 15.5. The lowest BCUT2D eigenvalue weighted by Gasteiger charge is -2.12. The molecule has 1 aliphatic rings. The van der Waals surface area contributed by atoms with Gasteiger partial charge in [-0.15, -0.1) is 0 Å². The lowest BCUT2D eigenvalue weighted by molar-refractivity contribution is 0.102. The van der Waals surface area contributed by atoms with Crippen molar-refractivity contribution in [2.75, 3.05) is 5.32 Å². The third-order valence-electron chi connectivity index (χ3n) is 5.23. The van der Waals surface area contributed by atoms with Crippen molar-refractivity contribution in [2.45, 2.75) is 45.6 Å². The van der Waals surface area contributed by atoms with Crippen LogP contribution in [-0.4, -0.2) is 15.5 Å². The average molecular weight is 361 g/mol. The molecule has 4 rings (SSSR count). The maximum atomic E-state index is 12.8. The van der Waals surface area contributed by atoms with Crippen molar-refractivity contribution in [1.82, 2.24) is 9.55 Å². The van der Waals surface area contributed by atoms with Crippen molar-refractivity contribution in [3.8, 4) is 0 Å². The number of hydrogen-bond acceptors (Lipinski definition) is 3. The van der Waals surface area contributed by atoms with Crippen molar-refractivity contribution >= 4 is 22.5 Å². The van der Waals surface area contributed by atoms with Gasteiger partial charge < -0.3 is 5.32 Å². The van der Waals surface area contributed by atoms with Gasteiger partial charge in [-0.25, -0.2) is 4.98 Å². The molecule has 27 heavy (non-hydrogen) atoms. The Hall–Kier alpha value is -2.95. The summed E-state index contributed by atoms with van der Waals surface area (Å²) in [4.78, 5) is 30.2. The summed E-state index contributed by atoms with van der Waals surface area (Å²) >= 11 is 0. The van der Waals surface area contributed by atoms with Gasteiger partial charge in [-0.3, -0.25) is 14.2 Å². The number of anilines is 1. The van der Waals surface area contributed by atoms with Gasteiger partial charge in [0.1, 0.15) is 5.82 Å². The molecule has 0 fully saturated rings. The predicted octanol–water partition coefficient (Wildman–Crippen LogP) is 3.94. The van der Waals surface area contributed by atoms with Gasteiger partial charge in [0, 0.05) is 24.2 Å². The number of para-hydroxylation sites is 1. The van der Waals surface area contributed by atoms with Crippen molar-refractivity contribution in [3.63, 3.8) is 0 Å². The highest BCUT2D eigenvalue weighted by atomic mass is 16.1. The van der Waals surface area contributed by atoms with Crippen molar-refractivity contribution in [2.24, 2.45) is 0 Å². The summed E-state index contributed by atoms with van der Waals surface area (Å²) in [6, 6.07) is 12.9.